The fourth-order valence-electron chi connectivity index (χ4n) is 1.12. The Morgan fingerprint density at radius 2 is 2.00 bits per heavy atom. The van der Waals surface area contributed by atoms with Crippen LogP contribution in [0.15, 0.2) is 29.6 Å². The van der Waals surface area contributed by atoms with Crippen molar-refractivity contribution in [2.75, 3.05) is 0 Å². The van der Waals surface area contributed by atoms with Gasteiger partial charge in [0.05, 0.1) is 5.56 Å². The van der Waals surface area contributed by atoms with Crippen LogP contribution in [-0.4, -0.2) is 15.4 Å². The molecule has 0 radical (unpaired) electrons. The second kappa shape index (κ2) is 3.55. The van der Waals surface area contributed by atoms with Crippen LogP contribution in [0.1, 0.15) is 5.56 Å². The van der Waals surface area contributed by atoms with Gasteiger partial charge < -0.3 is 0 Å². The number of nitrogens with two attached hydrogens (primary N) is 2. The van der Waals surface area contributed by atoms with Crippen molar-refractivity contribution < 1.29 is 5.41 Å². The summed E-state index contributed by atoms with van der Waals surface area (Å²) in [4.78, 5) is 0. The highest BCUT2D eigenvalue weighted by molar-refractivity contribution is 7.03. The van der Waals surface area contributed by atoms with Crippen molar-refractivity contribution in [2.45, 2.75) is 0 Å². The molecule has 0 amide bonds. The first-order chi connectivity index (χ1) is 6.77. The van der Waals surface area contributed by atoms with Crippen molar-refractivity contribution in [2.24, 2.45) is 5.73 Å². The molecule has 2 aromatic rings. The van der Waals surface area contributed by atoms with Crippen LogP contribution in [0.3, 0.4) is 0 Å². The van der Waals surface area contributed by atoms with Crippen LogP contribution in [0.25, 0.3) is 11.3 Å². The molecule has 0 atom stereocenters. The number of hydrogen-bond acceptors (Lipinski definition) is 3. The first-order valence-corrected chi connectivity index (χ1v) is 4.87. The molecule has 0 aliphatic carbocycles. The molecule has 70 valence electrons. The zero-order valence-corrected chi connectivity index (χ0v) is 8.16. The number of benzene rings is 1. The highest BCUT2D eigenvalue weighted by Gasteiger charge is 2.03. The third-order valence-electron chi connectivity index (χ3n) is 1.87. The summed E-state index contributed by atoms with van der Waals surface area (Å²) in [6.07, 6.45) is 0. The predicted octanol–water partition coefficient (Wildman–Crippen LogP) is -0.331. The Labute approximate surface area is 85.1 Å². The van der Waals surface area contributed by atoms with Gasteiger partial charge in [0.1, 0.15) is 5.69 Å². The Hall–Kier alpha value is -1.75. The lowest BCUT2D eigenvalue weighted by atomic mass is 10.1. The normalized spacial score (nSPS) is 10.0. The fraction of sp³-hybridized carbons (Fsp3) is 0. The zero-order valence-electron chi connectivity index (χ0n) is 7.34. The van der Waals surface area contributed by atoms with Crippen molar-refractivity contribution in [3.63, 3.8) is 0 Å². The molecule has 0 fully saturated rings. The van der Waals surface area contributed by atoms with Gasteiger partial charge in [-0.25, -0.2) is 0 Å². The van der Waals surface area contributed by atoms with E-state index in [1.165, 1.54) is 11.5 Å². The smallest absolute Gasteiger partial charge is 0.270 e. The lowest BCUT2D eigenvalue weighted by Gasteiger charge is -1.96. The molecule has 4 N–H and O–H groups in total. The molecule has 0 bridgehead atoms. The minimum Gasteiger partial charge on any atom is -0.287 e. The minimum absolute atomic E-state index is 0.327. The topological polar surface area (TPSA) is 77.4 Å². The van der Waals surface area contributed by atoms with Crippen molar-refractivity contribution in [3.8, 4) is 11.3 Å². The van der Waals surface area contributed by atoms with E-state index in [9.17, 15) is 0 Å². The lowest BCUT2D eigenvalue weighted by Crippen LogP contribution is -2.46. The second-order valence-corrected chi connectivity index (χ2v) is 3.43. The van der Waals surface area contributed by atoms with Gasteiger partial charge in [0.15, 0.2) is 0 Å². The quantitative estimate of drug-likeness (QED) is 0.520. The molecular formula is C9H9N4S+. The largest absolute Gasteiger partial charge is 0.287 e. The van der Waals surface area contributed by atoms with Crippen LogP contribution >= 0.6 is 11.5 Å². The van der Waals surface area contributed by atoms with E-state index in [-0.39, 0.29) is 0 Å². The predicted molar refractivity (Wildman–Crippen MR) is 55.6 cm³/mol. The first-order valence-electron chi connectivity index (χ1n) is 4.03. The molecular weight excluding hydrogens is 196 g/mol. The fourth-order valence-corrected chi connectivity index (χ4v) is 1.59. The standard InChI is InChI=1S/C9H8N4S/c10-9(11)7-3-1-6(2-4-7)8-5-14-13-12-8/h1-5H,(H3,10,11)/p+1. The summed E-state index contributed by atoms with van der Waals surface area (Å²) in [6, 6.07) is 7.57. The molecule has 14 heavy (non-hydrogen) atoms. The molecule has 1 aromatic heterocycles. The van der Waals surface area contributed by atoms with Crippen LogP contribution in [0.5, 0.6) is 0 Å². The highest BCUT2D eigenvalue weighted by atomic mass is 32.1. The Balaban J connectivity index is 2.36. The maximum atomic E-state index is 5.45. The summed E-state index contributed by atoms with van der Waals surface area (Å²) in [5, 5.41) is 11.3. The van der Waals surface area contributed by atoms with E-state index in [1.54, 1.807) is 0 Å². The Morgan fingerprint density at radius 1 is 1.29 bits per heavy atom. The van der Waals surface area contributed by atoms with Gasteiger partial charge in [-0.15, -0.1) is 5.10 Å². The van der Waals surface area contributed by atoms with Crippen LogP contribution in [0.2, 0.25) is 0 Å². The first kappa shape index (κ1) is 8.83. The van der Waals surface area contributed by atoms with Gasteiger partial charge in [0.2, 0.25) is 0 Å². The zero-order chi connectivity index (χ0) is 9.97. The summed E-state index contributed by atoms with van der Waals surface area (Å²) in [5.41, 5.74) is 8.17. The molecule has 0 aliphatic rings. The Kier molecular flexibility index (Phi) is 2.24. The van der Waals surface area contributed by atoms with Crippen molar-refractivity contribution in [1.82, 2.24) is 9.59 Å². The Bertz CT molecular complexity index is 432. The van der Waals surface area contributed by atoms with Gasteiger partial charge in [-0.2, -0.15) is 0 Å². The molecule has 0 aliphatic heterocycles. The van der Waals surface area contributed by atoms with E-state index in [2.05, 4.69) is 9.59 Å². The number of aromatic nitrogens is 2. The summed E-state index contributed by atoms with van der Waals surface area (Å²) < 4.78 is 3.79. The van der Waals surface area contributed by atoms with Crippen molar-refractivity contribution in [1.29, 1.82) is 0 Å². The van der Waals surface area contributed by atoms with Crippen molar-refractivity contribution in [3.05, 3.63) is 35.2 Å². The molecule has 5 heteroatoms. The highest BCUT2D eigenvalue weighted by Crippen LogP contribution is 2.17. The van der Waals surface area contributed by atoms with E-state index >= 15 is 0 Å². The molecule has 4 nitrogen and oxygen atoms in total. The number of nitrogens with zero attached hydrogens (tertiary/aromatic N) is 2. The molecule has 0 spiro atoms. The minimum atomic E-state index is 0.327. The van der Waals surface area contributed by atoms with Crippen LogP contribution < -0.4 is 11.1 Å². The molecule has 1 aromatic carbocycles. The average molecular weight is 205 g/mol. The van der Waals surface area contributed by atoms with Crippen molar-refractivity contribution >= 4 is 17.4 Å². The monoisotopic (exact) mass is 205 g/mol. The molecule has 2 rings (SSSR count). The third kappa shape index (κ3) is 1.62. The third-order valence-corrected chi connectivity index (χ3v) is 2.38. The van der Waals surface area contributed by atoms with E-state index in [0.29, 0.717) is 5.84 Å². The maximum absolute atomic E-state index is 5.45. The van der Waals surface area contributed by atoms with Gasteiger partial charge in [0, 0.05) is 10.9 Å². The molecule has 0 saturated carbocycles. The van der Waals surface area contributed by atoms with E-state index in [0.717, 1.165) is 16.8 Å². The summed E-state index contributed by atoms with van der Waals surface area (Å²) >= 11 is 1.33. The van der Waals surface area contributed by atoms with Gasteiger partial charge in [-0.3, -0.25) is 11.1 Å². The van der Waals surface area contributed by atoms with E-state index in [1.807, 2.05) is 29.6 Å². The van der Waals surface area contributed by atoms with Gasteiger partial charge >= 0.3 is 0 Å². The summed E-state index contributed by atoms with van der Waals surface area (Å²) in [7, 11) is 0. The molecule has 0 unspecified atom stereocenters. The van der Waals surface area contributed by atoms with Crippen LogP contribution in [0, 0.1) is 0 Å². The average Bonchev–Trinajstić information content (AvgIpc) is 2.71. The molecule has 0 saturated heterocycles. The number of hydrogen-bond donors (Lipinski definition) is 2. The Morgan fingerprint density at radius 3 is 2.50 bits per heavy atom. The second-order valence-electron chi connectivity index (χ2n) is 2.82. The summed E-state index contributed by atoms with van der Waals surface area (Å²) in [5.74, 6) is 0.327. The number of rotatable bonds is 2. The number of amidine groups is 1. The van der Waals surface area contributed by atoms with Gasteiger partial charge in [-0.1, -0.05) is 16.6 Å². The maximum Gasteiger partial charge on any atom is 0.270 e. The van der Waals surface area contributed by atoms with Crippen LogP contribution in [-0.2, 0) is 0 Å². The SMILES string of the molecule is NC(=[NH2+])c1ccc(-c2csnn2)cc1. The molecule has 1 heterocycles. The van der Waals surface area contributed by atoms with E-state index in [4.69, 9.17) is 11.1 Å². The lowest BCUT2D eigenvalue weighted by molar-refractivity contribution is -0.114. The van der Waals surface area contributed by atoms with E-state index < -0.39 is 0 Å². The van der Waals surface area contributed by atoms with Gasteiger partial charge in [-0.05, 0) is 23.7 Å². The summed E-state index contributed by atoms with van der Waals surface area (Å²) in [6.45, 7) is 0. The van der Waals surface area contributed by atoms with Crippen LogP contribution in [0.4, 0.5) is 0 Å². The van der Waals surface area contributed by atoms with Gasteiger partial charge in [0.25, 0.3) is 5.84 Å².